The summed E-state index contributed by atoms with van der Waals surface area (Å²) in [7, 11) is 4.06. The van der Waals surface area contributed by atoms with Gasteiger partial charge < -0.3 is 19.8 Å². The Labute approximate surface area is 163 Å². The van der Waals surface area contributed by atoms with Gasteiger partial charge >= 0.3 is 0 Å². The van der Waals surface area contributed by atoms with Crippen molar-refractivity contribution in [2.24, 2.45) is 0 Å². The standard InChI is InChI=1S/C23H33NO3/c1-24(2)17-22(23(26)11-7-4-8-16-25)20-12-14-21(15-13-20)27-18-19-9-5-3-6-10-19/h3,5-6,9-10,12-15,22-23,25-26H,4,7-8,11,16-18H2,1-2H3. The molecule has 2 aromatic carbocycles. The molecule has 4 nitrogen and oxygen atoms in total. The van der Waals surface area contributed by atoms with Gasteiger partial charge in [0.05, 0.1) is 6.10 Å². The van der Waals surface area contributed by atoms with Crippen molar-refractivity contribution >= 4 is 0 Å². The van der Waals surface area contributed by atoms with E-state index in [9.17, 15) is 5.11 Å². The third kappa shape index (κ3) is 7.71. The number of aliphatic hydroxyl groups excluding tert-OH is 2. The highest BCUT2D eigenvalue weighted by Crippen LogP contribution is 2.26. The third-order valence-electron chi connectivity index (χ3n) is 4.74. The minimum absolute atomic E-state index is 0.0669. The molecule has 0 heterocycles. The van der Waals surface area contributed by atoms with Crippen LogP contribution < -0.4 is 4.74 Å². The first-order chi connectivity index (χ1) is 13.1. The fraction of sp³-hybridized carbons (Fsp3) is 0.478. The highest BCUT2D eigenvalue weighted by atomic mass is 16.5. The quantitative estimate of drug-likeness (QED) is 0.557. The summed E-state index contributed by atoms with van der Waals surface area (Å²) < 4.78 is 5.86. The smallest absolute Gasteiger partial charge is 0.119 e. The van der Waals surface area contributed by atoms with Gasteiger partial charge in [0.1, 0.15) is 12.4 Å². The fourth-order valence-corrected chi connectivity index (χ4v) is 3.24. The second-order valence-electron chi connectivity index (χ2n) is 7.35. The zero-order valence-corrected chi connectivity index (χ0v) is 16.6. The SMILES string of the molecule is CN(C)CC(c1ccc(OCc2ccccc2)cc1)C(O)CCCCCO. The van der Waals surface area contributed by atoms with Gasteiger partial charge in [-0.05, 0) is 50.2 Å². The van der Waals surface area contributed by atoms with Crippen LogP contribution in [-0.2, 0) is 6.61 Å². The number of ether oxygens (including phenoxy) is 1. The van der Waals surface area contributed by atoms with E-state index in [0.717, 1.165) is 49.1 Å². The minimum atomic E-state index is -0.387. The molecule has 2 N–H and O–H groups in total. The minimum Gasteiger partial charge on any atom is -0.489 e. The number of unbranched alkanes of at least 4 members (excludes halogenated alkanes) is 2. The van der Waals surface area contributed by atoms with Crippen LogP contribution >= 0.6 is 0 Å². The van der Waals surface area contributed by atoms with Crippen molar-refractivity contribution in [1.82, 2.24) is 4.90 Å². The summed E-state index contributed by atoms with van der Waals surface area (Å²) in [4.78, 5) is 2.11. The molecule has 2 unspecified atom stereocenters. The number of rotatable bonds is 12. The molecule has 27 heavy (non-hydrogen) atoms. The van der Waals surface area contributed by atoms with Crippen LogP contribution in [0.2, 0.25) is 0 Å². The second kappa shape index (κ2) is 11.8. The highest BCUT2D eigenvalue weighted by Gasteiger charge is 2.21. The number of aliphatic hydroxyl groups is 2. The van der Waals surface area contributed by atoms with Crippen LogP contribution in [0.15, 0.2) is 54.6 Å². The van der Waals surface area contributed by atoms with Crippen molar-refractivity contribution in [2.45, 2.75) is 44.3 Å². The first-order valence-corrected chi connectivity index (χ1v) is 9.80. The summed E-state index contributed by atoms with van der Waals surface area (Å²) >= 11 is 0. The predicted molar refractivity (Wildman–Crippen MR) is 110 cm³/mol. The van der Waals surface area contributed by atoms with Gasteiger partial charge in [-0.15, -0.1) is 0 Å². The van der Waals surface area contributed by atoms with Gasteiger partial charge in [0.2, 0.25) is 0 Å². The number of hydrogen-bond acceptors (Lipinski definition) is 4. The molecule has 0 aliphatic heterocycles. The number of hydrogen-bond donors (Lipinski definition) is 2. The van der Waals surface area contributed by atoms with Crippen LogP contribution in [0, 0.1) is 0 Å². The van der Waals surface area contributed by atoms with E-state index in [2.05, 4.69) is 29.2 Å². The molecule has 0 saturated carbocycles. The van der Waals surface area contributed by atoms with Gasteiger partial charge in [-0.1, -0.05) is 55.3 Å². The topological polar surface area (TPSA) is 52.9 Å². The molecule has 2 atom stereocenters. The summed E-state index contributed by atoms with van der Waals surface area (Å²) in [6, 6.07) is 18.2. The normalized spacial score (nSPS) is 13.5. The lowest BCUT2D eigenvalue weighted by Crippen LogP contribution is -2.29. The van der Waals surface area contributed by atoms with E-state index in [0.29, 0.717) is 6.61 Å². The maximum atomic E-state index is 10.7. The van der Waals surface area contributed by atoms with Crippen molar-refractivity contribution < 1.29 is 14.9 Å². The lowest BCUT2D eigenvalue weighted by atomic mass is 9.89. The average Bonchev–Trinajstić information content (AvgIpc) is 2.69. The van der Waals surface area contributed by atoms with Crippen LogP contribution in [0.3, 0.4) is 0 Å². The van der Waals surface area contributed by atoms with Gasteiger partial charge in [0.25, 0.3) is 0 Å². The monoisotopic (exact) mass is 371 g/mol. The van der Waals surface area contributed by atoms with Crippen LogP contribution in [0.1, 0.15) is 42.7 Å². The van der Waals surface area contributed by atoms with Crippen LogP contribution in [0.4, 0.5) is 0 Å². The zero-order valence-electron chi connectivity index (χ0n) is 16.6. The van der Waals surface area contributed by atoms with Crippen molar-refractivity contribution in [3.8, 4) is 5.75 Å². The Morgan fingerprint density at radius 1 is 0.926 bits per heavy atom. The Morgan fingerprint density at radius 2 is 1.63 bits per heavy atom. The molecule has 0 aliphatic rings. The molecule has 2 rings (SSSR count). The molecule has 4 heteroatoms. The Balaban J connectivity index is 1.96. The molecular formula is C23H33NO3. The molecule has 0 aliphatic carbocycles. The second-order valence-corrected chi connectivity index (χ2v) is 7.35. The Bertz CT molecular complexity index is 628. The summed E-state index contributed by atoms with van der Waals surface area (Å²) in [6.07, 6.45) is 3.06. The van der Waals surface area contributed by atoms with Crippen molar-refractivity contribution in [2.75, 3.05) is 27.2 Å². The molecule has 0 amide bonds. The van der Waals surface area contributed by atoms with Gasteiger partial charge in [0, 0.05) is 19.1 Å². The molecule has 0 bridgehead atoms. The molecule has 0 radical (unpaired) electrons. The number of likely N-dealkylation sites (N-methyl/N-ethyl adjacent to an activating group) is 1. The molecule has 0 spiro atoms. The summed E-state index contributed by atoms with van der Waals surface area (Å²) in [5.41, 5.74) is 2.27. The van der Waals surface area contributed by atoms with Crippen molar-refractivity contribution in [3.05, 3.63) is 65.7 Å². The van der Waals surface area contributed by atoms with E-state index in [1.165, 1.54) is 0 Å². The molecule has 0 aromatic heterocycles. The van der Waals surface area contributed by atoms with E-state index in [1.54, 1.807) is 0 Å². The lowest BCUT2D eigenvalue weighted by molar-refractivity contribution is 0.115. The molecular weight excluding hydrogens is 338 g/mol. The van der Waals surface area contributed by atoms with E-state index in [-0.39, 0.29) is 18.6 Å². The zero-order chi connectivity index (χ0) is 19.5. The van der Waals surface area contributed by atoms with Gasteiger partial charge in [-0.3, -0.25) is 0 Å². The fourth-order valence-electron chi connectivity index (χ4n) is 3.24. The first kappa shape index (κ1) is 21.4. The number of benzene rings is 2. The number of nitrogens with zero attached hydrogens (tertiary/aromatic N) is 1. The highest BCUT2D eigenvalue weighted by molar-refractivity contribution is 5.30. The lowest BCUT2D eigenvalue weighted by Gasteiger charge is -2.26. The van der Waals surface area contributed by atoms with Gasteiger partial charge in [-0.2, -0.15) is 0 Å². The van der Waals surface area contributed by atoms with E-state index < -0.39 is 0 Å². The largest absolute Gasteiger partial charge is 0.489 e. The molecule has 0 saturated heterocycles. The van der Waals surface area contributed by atoms with E-state index in [1.807, 2.05) is 44.4 Å². The van der Waals surface area contributed by atoms with Crippen molar-refractivity contribution in [1.29, 1.82) is 0 Å². The maximum Gasteiger partial charge on any atom is 0.119 e. The maximum absolute atomic E-state index is 10.7. The summed E-state index contributed by atoms with van der Waals surface area (Å²) in [5.74, 6) is 0.904. The molecule has 0 fully saturated rings. The first-order valence-electron chi connectivity index (χ1n) is 9.80. The van der Waals surface area contributed by atoms with E-state index in [4.69, 9.17) is 9.84 Å². The Kier molecular flexibility index (Phi) is 9.32. The Hall–Kier alpha value is -1.88. The molecule has 148 valence electrons. The van der Waals surface area contributed by atoms with Crippen LogP contribution in [-0.4, -0.2) is 48.5 Å². The van der Waals surface area contributed by atoms with Crippen LogP contribution in [0.25, 0.3) is 0 Å². The summed E-state index contributed by atoms with van der Waals surface area (Å²) in [5, 5.41) is 19.6. The van der Waals surface area contributed by atoms with Gasteiger partial charge in [-0.25, -0.2) is 0 Å². The van der Waals surface area contributed by atoms with E-state index >= 15 is 0 Å². The average molecular weight is 372 g/mol. The van der Waals surface area contributed by atoms with Gasteiger partial charge in [0.15, 0.2) is 0 Å². The van der Waals surface area contributed by atoms with Crippen LogP contribution in [0.5, 0.6) is 5.75 Å². The summed E-state index contributed by atoms with van der Waals surface area (Å²) in [6.45, 7) is 1.57. The Morgan fingerprint density at radius 3 is 2.26 bits per heavy atom. The molecule has 2 aromatic rings. The van der Waals surface area contributed by atoms with Crippen molar-refractivity contribution in [3.63, 3.8) is 0 Å². The predicted octanol–water partition coefficient (Wildman–Crippen LogP) is 3.82. The third-order valence-corrected chi connectivity index (χ3v) is 4.74.